The fourth-order valence-corrected chi connectivity index (χ4v) is 2.58. The van der Waals surface area contributed by atoms with Crippen LogP contribution in [0.1, 0.15) is 21.9 Å². The van der Waals surface area contributed by atoms with Gasteiger partial charge >= 0.3 is 0 Å². The third-order valence-corrected chi connectivity index (χ3v) is 3.89. The Labute approximate surface area is 155 Å². The molecule has 0 unspecified atom stereocenters. The molecule has 27 heavy (non-hydrogen) atoms. The second-order valence-corrected chi connectivity index (χ2v) is 6.08. The molecule has 5 nitrogen and oxygen atoms in total. The summed E-state index contributed by atoms with van der Waals surface area (Å²) >= 11 is 0. The number of nitrogens with one attached hydrogen (secondary N) is 1. The molecular weight excluding hydrogens is 350 g/mol. The SMILES string of the molecule is Cc1nc(C(=O)Nc2ccc(F)cc2F)cc(N(C)Cc2ccccc2)n1. The highest BCUT2D eigenvalue weighted by Crippen LogP contribution is 2.18. The Morgan fingerprint density at radius 1 is 1.07 bits per heavy atom. The second kappa shape index (κ2) is 7.90. The normalized spacial score (nSPS) is 10.5. The van der Waals surface area contributed by atoms with E-state index in [1.165, 1.54) is 12.1 Å². The highest BCUT2D eigenvalue weighted by atomic mass is 19.1. The van der Waals surface area contributed by atoms with Gasteiger partial charge in [0.05, 0.1) is 5.69 Å². The van der Waals surface area contributed by atoms with Crippen molar-refractivity contribution in [1.82, 2.24) is 9.97 Å². The quantitative estimate of drug-likeness (QED) is 0.741. The molecular formula is C20H18F2N4O. The summed E-state index contributed by atoms with van der Waals surface area (Å²) < 4.78 is 26.8. The number of rotatable bonds is 5. The van der Waals surface area contributed by atoms with E-state index in [4.69, 9.17) is 0 Å². The van der Waals surface area contributed by atoms with E-state index in [0.29, 0.717) is 24.3 Å². The van der Waals surface area contributed by atoms with Gasteiger partial charge in [-0.2, -0.15) is 0 Å². The number of carbonyl (C=O) groups is 1. The molecule has 138 valence electrons. The Balaban J connectivity index is 1.80. The van der Waals surface area contributed by atoms with Crippen LogP contribution < -0.4 is 10.2 Å². The summed E-state index contributed by atoms with van der Waals surface area (Å²) in [6.45, 7) is 2.28. The van der Waals surface area contributed by atoms with Crippen LogP contribution in [0.2, 0.25) is 0 Å². The maximum atomic E-state index is 13.8. The number of anilines is 2. The smallest absolute Gasteiger partial charge is 0.274 e. The van der Waals surface area contributed by atoms with Gasteiger partial charge in [0, 0.05) is 25.7 Å². The van der Waals surface area contributed by atoms with Crippen molar-refractivity contribution < 1.29 is 13.6 Å². The minimum absolute atomic E-state index is 0.0983. The van der Waals surface area contributed by atoms with E-state index in [2.05, 4.69) is 15.3 Å². The Morgan fingerprint density at radius 3 is 2.52 bits per heavy atom. The van der Waals surface area contributed by atoms with Crippen molar-refractivity contribution in [2.45, 2.75) is 13.5 Å². The van der Waals surface area contributed by atoms with E-state index >= 15 is 0 Å². The Kier molecular flexibility index (Phi) is 5.40. The van der Waals surface area contributed by atoms with Gasteiger partial charge in [0.2, 0.25) is 0 Å². The van der Waals surface area contributed by atoms with Gasteiger partial charge in [-0.3, -0.25) is 4.79 Å². The molecule has 0 saturated carbocycles. The van der Waals surface area contributed by atoms with Gasteiger partial charge in [-0.1, -0.05) is 30.3 Å². The van der Waals surface area contributed by atoms with E-state index in [1.54, 1.807) is 6.92 Å². The van der Waals surface area contributed by atoms with Gasteiger partial charge < -0.3 is 10.2 Å². The third-order valence-electron chi connectivity index (χ3n) is 3.89. The van der Waals surface area contributed by atoms with Crippen molar-refractivity contribution in [2.75, 3.05) is 17.3 Å². The lowest BCUT2D eigenvalue weighted by atomic mass is 10.2. The number of carbonyl (C=O) groups excluding carboxylic acids is 1. The Morgan fingerprint density at radius 2 is 1.81 bits per heavy atom. The summed E-state index contributed by atoms with van der Waals surface area (Å²) in [5.74, 6) is -1.18. The van der Waals surface area contributed by atoms with Gasteiger partial charge in [0.25, 0.3) is 5.91 Å². The number of hydrogen-bond acceptors (Lipinski definition) is 4. The standard InChI is InChI=1S/C20H18F2N4O/c1-13-23-18(20(27)25-17-9-8-15(21)10-16(17)22)11-19(24-13)26(2)12-14-6-4-3-5-7-14/h3-11H,12H2,1-2H3,(H,25,27). The van der Waals surface area contributed by atoms with Crippen molar-refractivity contribution in [2.24, 2.45) is 0 Å². The van der Waals surface area contributed by atoms with Crippen LogP contribution in [0.3, 0.4) is 0 Å². The van der Waals surface area contributed by atoms with Gasteiger partial charge in [-0.15, -0.1) is 0 Å². The second-order valence-electron chi connectivity index (χ2n) is 6.08. The minimum atomic E-state index is -0.851. The van der Waals surface area contributed by atoms with Crippen LogP contribution in [0.5, 0.6) is 0 Å². The average Bonchev–Trinajstić information content (AvgIpc) is 2.64. The van der Waals surface area contributed by atoms with E-state index in [-0.39, 0.29) is 11.4 Å². The molecule has 0 saturated heterocycles. The van der Waals surface area contributed by atoms with Crippen molar-refractivity contribution in [3.8, 4) is 0 Å². The maximum absolute atomic E-state index is 13.8. The first-order valence-corrected chi connectivity index (χ1v) is 8.29. The number of hydrogen-bond donors (Lipinski definition) is 1. The molecule has 1 N–H and O–H groups in total. The zero-order valence-electron chi connectivity index (χ0n) is 14.9. The largest absolute Gasteiger partial charge is 0.355 e. The van der Waals surface area contributed by atoms with Gasteiger partial charge in [0.1, 0.15) is 29.0 Å². The molecule has 0 aliphatic rings. The lowest BCUT2D eigenvalue weighted by Crippen LogP contribution is -2.21. The molecule has 0 radical (unpaired) electrons. The molecule has 2 aromatic carbocycles. The lowest BCUT2D eigenvalue weighted by molar-refractivity contribution is 0.102. The monoisotopic (exact) mass is 368 g/mol. The van der Waals surface area contributed by atoms with Gasteiger partial charge in [-0.25, -0.2) is 18.7 Å². The van der Waals surface area contributed by atoms with Crippen molar-refractivity contribution >= 4 is 17.4 Å². The van der Waals surface area contributed by atoms with Gasteiger partial charge in [0.15, 0.2) is 0 Å². The first-order valence-electron chi connectivity index (χ1n) is 8.29. The van der Waals surface area contributed by atoms with E-state index in [0.717, 1.165) is 11.6 Å². The fraction of sp³-hybridized carbons (Fsp3) is 0.150. The summed E-state index contributed by atoms with van der Waals surface area (Å²) in [7, 11) is 1.86. The minimum Gasteiger partial charge on any atom is -0.355 e. The Bertz CT molecular complexity index is 963. The highest BCUT2D eigenvalue weighted by molar-refractivity contribution is 6.03. The average molecular weight is 368 g/mol. The number of halogens is 2. The van der Waals surface area contributed by atoms with Crippen LogP contribution in [0.4, 0.5) is 20.3 Å². The molecule has 0 bridgehead atoms. The van der Waals surface area contributed by atoms with Crippen molar-refractivity contribution in [1.29, 1.82) is 0 Å². The molecule has 0 aliphatic carbocycles. The summed E-state index contributed by atoms with van der Waals surface area (Å²) in [5, 5.41) is 2.41. The molecule has 0 spiro atoms. The van der Waals surface area contributed by atoms with E-state index in [9.17, 15) is 13.6 Å². The number of benzene rings is 2. The molecule has 3 aromatic rings. The Hall–Kier alpha value is -3.35. The lowest BCUT2D eigenvalue weighted by Gasteiger charge is -2.19. The zero-order chi connectivity index (χ0) is 19.4. The zero-order valence-corrected chi connectivity index (χ0v) is 14.9. The molecule has 0 aliphatic heterocycles. The summed E-state index contributed by atoms with van der Waals surface area (Å²) in [4.78, 5) is 22.8. The van der Waals surface area contributed by atoms with Gasteiger partial charge in [-0.05, 0) is 24.6 Å². The van der Waals surface area contributed by atoms with Crippen LogP contribution in [0.25, 0.3) is 0 Å². The summed E-state index contributed by atoms with van der Waals surface area (Å²) in [5.41, 5.74) is 1.08. The van der Waals surface area contributed by atoms with E-state index < -0.39 is 17.5 Å². The predicted molar refractivity (Wildman–Crippen MR) is 99.6 cm³/mol. The number of aryl methyl sites for hydroxylation is 1. The molecule has 0 fully saturated rings. The summed E-state index contributed by atoms with van der Waals surface area (Å²) in [6, 6.07) is 14.3. The number of nitrogens with zero attached hydrogens (tertiary/aromatic N) is 3. The van der Waals surface area contributed by atoms with Crippen LogP contribution in [-0.4, -0.2) is 22.9 Å². The molecule has 0 atom stereocenters. The number of amides is 1. The fourth-order valence-electron chi connectivity index (χ4n) is 2.58. The first-order chi connectivity index (χ1) is 12.9. The van der Waals surface area contributed by atoms with E-state index in [1.807, 2.05) is 42.3 Å². The highest BCUT2D eigenvalue weighted by Gasteiger charge is 2.15. The van der Waals surface area contributed by atoms with Crippen molar-refractivity contribution in [3.63, 3.8) is 0 Å². The molecule has 1 heterocycles. The summed E-state index contributed by atoms with van der Waals surface area (Å²) in [6.07, 6.45) is 0. The molecule has 1 aromatic heterocycles. The molecule has 3 rings (SSSR count). The maximum Gasteiger partial charge on any atom is 0.274 e. The van der Waals surface area contributed by atoms with Crippen LogP contribution in [-0.2, 0) is 6.54 Å². The van der Waals surface area contributed by atoms with Crippen LogP contribution in [0, 0.1) is 18.6 Å². The topological polar surface area (TPSA) is 58.1 Å². The number of aromatic nitrogens is 2. The van der Waals surface area contributed by atoms with Crippen LogP contribution >= 0.6 is 0 Å². The van der Waals surface area contributed by atoms with Crippen molar-refractivity contribution in [3.05, 3.63) is 83.3 Å². The third kappa shape index (κ3) is 4.63. The predicted octanol–water partition coefficient (Wildman–Crippen LogP) is 3.95. The first kappa shape index (κ1) is 18.4. The van der Waals surface area contributed by atoms with Crippen LogP contribution in [0.15, 0.2) is 54.6 Å². The molecule has 7 heteroatoms. The molecule has 1 amide bonds.